The average Bonchev–Trinajstić information content (AvgIpc) is 2.20. The Labute approximate surface area is 102 Å². The second kappa shape index (κ2) is 5.98. The van der Waals surface area contributed by atoms with Crippen LogP contribution in [0, 0.1) is 0 Å². The molecule has 82 valence electrons. The molecule has 0 unspecified atom stereocenters. The van der Waals surface area contributed by atoms with E-state index in [0.717, 1.165) is 10.9 Å². The predicted molar refractivity (Wildman–Crippen MR) is 66.5 cm³/mol. The monoisotopic (exact) mass is 290 g/mol. The van der Waals surface area contributed by atoms with Crippen molar-refractivity contribution in [3.63, 3.8) is 0 Å². The minimum Gasteiger partial charge on any atom is -0.338 e. The van der Waals surface area contributed by atoms with E-state index in [2.05, 4.69) is 26.6 Å². The van der Waals surface area contributed by atoms with Crippen LogP contribution in [0.2, 0.25) is 5.02 Å². The maximum atomic E-state index is 11.3. The number of urea groups is 1. The molecule has 0 spiro atoms. The molecule has 15 heavy (non-hydrogen) atoms. The van der Waals surface area contributed by atoms with E-state index in [-0.39, 0.29) is 6.03 Å². The Hall–Kier alpha value is -0.740. The van der Waals surface area contributed by atoms with Gasteiger partial charge in [0, 0.05) is 11.0 Å². The van der Waals surface area contributed by atoms with Crippen LogP contribution in [-0.4, -0.2) is 12.6 Å². The Bertz CT molecular complexity index is 357. The SMILES string of the molecule is CCCNC(=O)Nc1cc(Br)ccc1Cl. The number of benzene rings is 1. The quantitative estimate of drug-likeness (QED) is 0.877. The summed E-state index contributed by atoms with van der Waals surface area (Å²) in [6.45, 7) is 2.64. The highest BCUT2D eigenvalue weighted by molar-refractivity contribution is 9.10. The van der Waals surface area contributed by atoms with Gasteiger partial charge in [0.25, 0.3) is 0 Å². The molecular formula is C10H12BrClN2O. The first kappa shape index (κ1) is 12.3. The number of hydrogen-bond acceptors (Lipinski definition) is 1. The van der Waals surface area contributed by atoms with Crippen LogP contribution >= 0.6 is 27.5 Å². The van der Waals surface area contributed by atoms with E-state index in [4.69, 9.17) is 11.6 Å². The van der Waals surface area contributed by atoms with Crippen molar-refractivity contribution in [2.45, 2.75) is 13.3 Å². The van der Waals surface area contributed by atoms with Gasteiger partial charge >= 0.3 is 6.03 Å². The van der Waals surface area contributed by atoms with Gasteiger partial charge in [-0.05, 0) is 24.6 Å². The van der Waals surface area contributed by atoms with Crippen LogP contribution in [0.1, 0.15) is 13.3 Å². The van der Waals surface area contributed by atoms with Crippen molar-refractivity contribution < 1.29 is 4.79 Å². The van der Waals surface area contributed by atoms with Gasteiger partial charge in [-0.15, -0.1) is 0 Å². The van der Waals surface area contributed by atoms with Gasteiger partial charge in [-0.2, -0.15) is 0 Å². The summed E-state index contributed by atoms with van der Waals surface area (Å²) >= 11 is 9.22. The molecule has 3 nitrogen and oxygen atoms in total. The Morgan fingerprint density at radius 2 is 2.27 bits per heavy atom. The van der Waals surface area contributed by atoms with Crippen LogP contribution in [0.15, 0.2) is 22.7 Å². The molecule has 0 atom stereocenters. The second-order valence-electron chi connectivity index (χ2n) is 3.01. The summed E-state index contributed by atoms with van der Waals surface area (Å²) in [7, 11) is 0. The third-order valence-electron chi connectivity index (χ3n) is 1.71. The highest BCUT2D eigenvalue weighted by atomic mass is 79.9. The fraction of sp³-hybridized carbons (Fsp3) is 0.300. The summed E-state index contributed by atoms with van der Waals surface area (Å²) in [4.78, 5) is 11.3. The van der Waals surface area contributed by atoms with Crippen LogP contribution < -0.4 is 10.6 Å². The third-order valence-corrected chi connectivity index (χ3v) is 2.54. The summed E-state index contributed by atoms with van der Waals surface area (Å²) in [5.74, 6) is 0. The van der Waals surface area contributed by atoms with E-state index in [1.165, 1.54) is 0 Å². The van der Waals surface area contributed by atoms with Crippen molar-refractivity contribution in [3.8, 4) is 0 Å². The minimum atomic E-state index is -0.239. The summed E-state index contributed by atoms with van der Waals surface area (Å²) in [6.07, 6.45) is 0.902. The molecule has 0 aliphatic rings. The smallest absolute Gasteiger partial charge is 0.319 e. The zero-order valence-electron chi connectivity index (χ0n) is 8.31. The van der Waals surface area contributed by atoms with Gasteiger partial charge in [-0.25, -0.2) is 4.79 Å². The molecule has 0 aliphatic carbocycles. The molecule has 0 aliphatic heterocycles. The van der Waals surface area contributed by atoms with E-state index >= 15 is 0 Å². The van der Waals surface area contributed by atoms with Crippen LogP contribution in [0.3, 0.4) is 0 Å². The Morgan fingerprint density at radius 1 is 1.53 bits per heavy atom. The third kappa shape index (κ3) is 4.10. The molecule has 0 fully saturated rings. The summed E-state index contributed by atoms with van der Waals surface area (Å²) in [5.41, 5.74) is 0.597. The number of anilines is 1. The Kier molecular flexibility index (Phi) is 4.91. The molecule has 0 bridgehead atoms. The largest absolute Gasteiger partial charge is 0.338 e. The first-order chi connectivity index (χ1) is 7.13. The van der Waals surface area contributed by atoms with Crippen LogP contribution in [-0.2, 0) is 0 Å². The highest BCUT2D eigenvalue weighted by Crippen LogP contribution is 2.25. The molecule has 0 saturated heterocycles. The molecule has 0 radical (unpaired) electrons. The summed E-state index contributed by atoms with van der Waals surface area (Å²) in [6, 6.07) is 5.06. The molecule has 2 amide bonds. The van der Waals surface area contributed by atoms with Crippen molar-refractivity contribution in [2.24, 2.45) is 0 Å². The maximum Gasteiger partial charge on any atom is 0.319 e. The van der Waals surface area contributed by atoms with Gasteiger partial charge in [-0.1, -0.05) is 34.5 Å². The average molecular weight is 292 g/mol. The van der Waals surface area contributed by atoms with Gasteiger partial charge in [0.1, 0.15) is 0 Å². The molecule has 1 rings (SSSR count). The van der Waals surface area contributed by atoms with Crippen LogP contribution in [0.25, 0.3) is 0 Å². The number of carbonyl (C=O) groups excluding carboxylic acids is 1. The van der Waals surface area contributed by atoms with Crippen LogP contribution in [0.5, 0.6) is 0 Å². The maximum absolute atomic E-state index is 11.3. The van der Waals surface area contributed by atoms with Gasteiger partial charge in [-0.3, -0.25) is 0 Å². The predicted octanol–water partition coefficient (Wildman–Crippen LogP) is 3.63. The minimum absolute atomic E-state index is 0.239. The molecule has 0 aromatic heterocycles. The zero-order valence-corrected chi connectivity index (χ0v) is 10.7. The lowest BCUT2D eigenvalue weighted by molar-refractivity contribution is 0.252. The van der Waals surface area contributed by atoms with E-state index in [1.54, 1.807) is 12.1 Å². The van der Waals surface area contributed by atoms with Crippen molar-refractivity contribution in [2.75, 3.05) is 11.9 Å². The molecular weight excluding hydrogens is 279 g/mol. The molecule has 5 heteroatoms. The van der Waals surface area contributed by atoms with E-state index in [9.17, 15) is 4.79 Å². The fourth-order valence-electron chi connectivity index (χ4n) is 0.998. The van der Waals surface area contributed by atoms with E-state index < -0.39 is 0 Å². The molecule has 0 saturated carbocycles. The van der Waals surface area contributed by atoms with Gasteiger partial charge in [0.05, 0.1) is 10.7 Å². The van der Waals surface area contributed by atoms with Crippen molar-refractivity contribution in [1.82, 2.24) is 5.32 Å². The first-order valence-electron chi connectivity index (χ1n) is 4.63. The Morgan fingerprint density at radius 3 is 2.93 bits per heavy atom. The van der Waals surface area contributed by atoms with Crippen molar-refractivity contribution in [3.05, 3.63) is 27.7 Å². The number of amides is 2. The fourth-order valence-corrected chi connectivity index (χ4v) is 1.52. The van der Waals surface area contributed by atoms with E-state index in [0.29, 0.717) is 17.3 Å². The summed E-state index contributed by atoms with van der Waals surface area (Å²) < 4.78 is 0.873. The highest BCUT2D eigenvalue weighted by Gasteiger charge is 2.04. The van der Waals surface area contributed by atoms with E-state index in [1.807, 2.05) is 13.0 Å². The van der Waals surface area contributed by atoms with Gasteiger partial charge in [0.15, 0.2) is 0 Å². The lowest BCUT2D eigenvalue weighted by atomic mass is 10.3. The normalized spacial score (nSPS) is 9.80. The number of carbonyl (C=O) groups is 1. The molecule has 1 aromatic rings. The number of halogens is 2. The van der Waals surface area contributed by atoms with Gasteiger partial charge in [0.2, 0.25) is 0 Å². The van der Waals surface area contributed by atoms with Gasteiger partial charge < -0.3 is 10.6 Å². The lowest BCUT2D eigenvalue weighted by Crippen LogP contribution is -2.29. The van der Waals surface area contributed by atoms with Crippen molar-refractivity contribution >= 4 is 39.2 Å². The molecule has 0 heterocycles. The number of hydrogen-bond donors (Lipinski definition) is 2. The standard InChI is InChI=1S/C10H12BrClN2O/c1-2-5-13-10(15)14-9-6-7(11)3-4-8(9)12/h3-4,6H,2,5H2,1H3,(H2,13,14,15). The Balaban J connectivity index is 2.63. The molecule has 2 N–H and O–H groups in total. The molecule has 1 aromatic carbocycles. The first-order valence-corrected chi connectivity index (χ1v) is 5.80. The number of nitrogens with one attached hydrogen (secondary N) is 2. The topological polar surface area (TPSA) is 41.1 Å². The lowest BCUT2D eigenvalue weighted by Gasteiger charge is -2.08. The second-order valence-corrected chi connectivity index (χ2v) is 4.33. The van der Waals surface area contributed by atoms with Crippen LogP contribution in [0.4, 0.5) is 10.5 Å². The number of rotatable bonds is 3. The zero-order chi connectivity index (χ0) is 11.3. The van der Waals surface area contributed by atoms with Crippen molar-refractivity contribution in [1.29, 1.82) is 0 Å². The summed E-state index contributed by atoms with van der Waals surface area (Å²) in [5, 5.41) is 5.90.